The fourth-order valence-electron chi connectivity index (χ4n) is 1.57. The van der Waals surface area contributed by atoms with Crippen LogP contribution in [0.5, 0.6) is 0 Å². The lowest BCUT2D eigenvalue weighted by Gasteiger charge is -2.09. The van der Waals surface area contributed by atoms with Crippen LogP contribution in [0.15, 0.2) is 17.8 Å². The molecule has 0 saturated heterocycles. The van der Waals surface area contributed by atoms with Gasteiger partial charge in [0.05, 0.1) is 6.61 Å². The van der Waals surface area contributed by atoms with Gasteiger partial charge >= 0.3 is 5.97 Å². The summed E-state index contributed by atoms with van der Waals surface area (Å²) in [5.74, 6) is 0.823. The van der Waals surface area contributed by atoms with Crippen molar-refractivity contribution in [2.24, 2.45) is 7.05 Å². The second-order valence-electron chi connectivity index (χ2n) is 3.93. The van der Waals surface area contributed by atoms with E-state index < -0.39 is 5.97 Å². The van der Waals surface area contributed by atoms with E-state index in [1.54, 1.807) is 36.4 Å². The summed E-state index contributed by atoms with van der Waals surface area (Å²) in [4.78, 5) is 16.5. The Hall–Kier alpha value is -1.54. The first-order chi connectivity index (χ1) is 10.0. The molecule has 0 bridgehead atoms. The molecular formula is C13H20N4O2S2. The number of hydrogen-bond donors (Lipinski definition) is 2. The summed E-state index contributed by atoms with van der Waals surface area (Å²) in [5, 5.41) is 6.98. The number of imidazole rings is 1. The van der Waals surface area contributed by atoms with Crippen LogP contribution < -0.4 is 10.6 Å². The number of carbonyl (C=O) groups excluding carboxylic acids is 1. The fourth-order valence-corrected chi connectivity index (χ4v) is 2.45. The van der Waals surface area contributed by atoms with E-state index in [9.17, 15) is 4.79 Å². The van der Waals surface area contributed by atoms with Gasteiger partial charge in [-0.25, -0.2) is 9.78 Å². The summed E-state index contributed by atoms with van der Waals surface area (Å²) in [5.41, 5.74) is 0.357. The lowest BCUT2D eigenvalue weighted by atomic mass is 10.4. The Morgan fingerprint density at radius 1 is 1.57 bits per heavy atom. The topological polar surface area (TPSA) is 68.2 Å². The Bertz CT molecular complexity index is 528. The average Bonchev–Trinajstić information content (AvgIpc) is 2.73. The molecule has 1 aromatic rings. The largest absolute Gasteiger partial charge is 0.461 e. The monoisotopic (exact) mass is 328 g/mol. The molecule has 1 heterocycles. The third-order valence-corrected chi connectivity index (χ3v) is 3.59. The molecular weight excluding hydrogens is 308 g/mol. The fraction of sp³-hybridized carbons (Fsp3) is 0.462. The highest BCUT2D eigenvalue weighted by atomic mass is 32.2. The van der Waals surface area contributed by atoms with Crippen LogP contribution in [-0.4, -0.2) is 39.5 Å². The van der Waals surface area contributed by atoms with E-state index in [-0.39, 0.29) is 0 Å². The molecule has 0 unspecified atom stereocenters. The Kier molecular flexibility index (Phi) is 7.24. The molecule has 0 radical (unpaired) electrons. The molecule has 21 heavy (non-hydrogen) atoms. The SMILES string of the molecule is C=CCNC(=S)Nc1nc(SCC)n(C)c1C(=O)OCC. The number of esters is 1. The normalized spacial score (nSPS) is 10.0. The van der Waals surface area contributed by atoms with E-state index in [0.717, 1.165) is 10.9 Å². The van der Waals surface area contributed by atoms with Crippen molar-refractivity contribution < 1.29 is 9.53 Å². The van der Waals surface area contributed by atoms with Crippen molar-refractivity contribution >= 4 is 40.9 Å². The first-order valence-electron chi connectivity index (χ1n) is 6.57. The Morgan fingerprint density at radius 2 is 2.29 bits per heavy atom. The summed E-state index contributed by atoms with van der Waals surface area (Å²) < 4.78 is 6.79. The lowest BCUT2D eigenvalue weighted by molar-refractivity contribution is 0.0515. The molecule has 0 aromatic carbocycles. The maximum Gasteiger partial charge on any atom is 0.358 e. The van der Waals surface area contributed by atoms with Crippen LogP contribution in [0.4, 0.5) is 5.82 Å². The van der Waals surface area contributed by atoms with Gasteiger partial charge in [0.25, 0.3) is 0 Å². The Labute approximate surface area is 134 Å². The molecule has 6 nitrogen and oxygen atoms in total. The van der Waals surface area contributed by atoms with Crippen LogP contribution in [-0.2, 0) is 11.8 Å². The minimum Gasteiger partial charge on any atom is -0.461 e. The van der Waals surface area contributed by atoms with E-state index in [1.807, 2.05) is 6.92 Å². The maximum absolute atomic E-state index is 12.1. The molecule has 0 aliphatic rings. The molecule has 1 rings (SSSR count). The number of thiocarbonyl (C=S) groups is 1. The first-order valence-corrected chi connectivity index (χ1v) is 7.96. The number of ether oxygens (including phenoxy) is 1. The highest BCUT2D eigenvalue weighted by Gasteiger charge is 2.23. The molecule has 0 spiro atoms. The summed E-state index contributed by atoms with van der Waals surface area (Å²) in [6, 6.07) is 0. The van der Waals surface area contributed by atoms with Crippen LogP contribution >= 0.6 is 24.0 Å². The standard InChI is InChI=1S/C13H20N4O2S2/c1-5-8-14-12(20)15-10-9(11(18)19-6-2)17(4)13(16-10)21-7-3/h5H,1,6-8H2,2-4H3,(H2,14,15,20). The van der Waals surface area contributed by atoms with Gasteiger partial charge < -0.3 is 19.9 Å². The zero-order valence-corrected chi connectivity index (χ0v) is 14.1. The highest BCUT2D eigenvalue weighted by molar-refractivity contribution is 7.99. The first kappa shape index (κ1) is 17.5. The van der Waals surface area contributed by atoms with Crippen molar-refractivity contribution in [3.63, 3.8) is 0 Å². The minimum atomic E-state index is -0.426. The van der Waals surface area contributed by atoms with E-state index >= 15 is 0 Å². The number of hydrogen-bond acceptors (Lipinski definition) is 5. The van der Waals surface area contributed by atoms with Crippen LogP contribution in [0.25, 0.3) is 0 Å². The molecule has 1 aromatic heterocycles. The summed E-state index contributed by atoms with van der Waals surface area (Å²) in [7, 11) is 1.78. The third kappa shape index (κ3) is 4.75. The Balaban J connectivity index is 3.04. The van der Waals surface area contributed by atoms with Gasteiger partial charge in [-0.1, -0.05) is 24.8 Å². The third-order valence-electron chi connectivity index (χ3n) is 2.44. The zero-order valence-electron chi connectivity index (χ0n) is 12.4. The smallest absolute Gasteiger partial charge is 0.358 e. The minimum absolute atomic E-state index is 0.304. The van der Waals surface area contributed by atoms with Gasteiger partial charge in [-0.15, -0.1) is 6.58 Å². The molecule has 0 amide bonds. The van der Waals surface area contributed by atoms with Crippen molar-refractivity contribution in [3.05, 3.63) is 18.3 Å². The predicted molar refractivity (Wildman–Crippen MR) is 90.0 cm³/mol. The van der Waals surface area contributed by atoms with Crippen molar-refractivity contribution in [2.45, 2.75) is 19.0 Å². The van der Waals surface area contributed by atoms with Gasteiger partial charge in [0.2, 0.25) is 0 Å². The number of anilines is 1. The van der Waals surface area contributed by atoms with E-state index in [0.29, 0.717) is 29.8 Å². The van der Waals surface area contributed by atoms with Gasteiger partial charge in [0, 0.05) is 13.6 Å². The van der Waals surface area contributed by atoms with Gasteiger partial charge in [-0.3, -0.25) is 0 Å². The van der Waals surface area contributed by atoms with E-state index in [4.69, 9.17) is 17.0 Å². The maximum atomic E-state index is 12.1. The number of nitrogens with one attached hydrogen (secondary N) is 2. The summed E-state index contributed by atoms with van der Waals surface area (Å²) >= 11 is 6.69. The second kappa shape index (κ2) is 8.68. The quantitative estimate of drug-likeness (QED) is 0.344. The van der Waals surface area contributed by atoms with Gasteiger partial charge in [-0.05, 0) is 24.9 Å². The van der Waals surface area contributed by atoms with Crippen molar-refractivity contribution in [3.8, 4) is 0 Å². The molecule has 0 fully saturated rings. The van der Waals surface area contributed by atoms with Crippen molar-refractivity contribution in [1.82, 2.24) is 14.9 Å². The lowest BCUT2D eigenvalue weighted by Crippen LogP contribution is -2.29. The molecule has 8 heteroatoms. The molecule has 116 valence electrons. The summed E-state index contributed by atoms with van der Waals surface area (Å²) in [6.07, 6.45) is 1.69. The van der Waals surface area contributed by atoms with Gasteiger partial charge in [0.15, 0.2) is 21.8 Å². The molecule has 0 saturated carbocycles. The van der Waals surface area contributed by atoms with Crippen LogP contribution in [0, 0.1) is 0 Å². The number of aromatic nitrogens is 2. The highest BCUT2D eigenvalue weighted by Crippen LogP contribution is 2.24. The molecule has 0 aliphatic carbocycles. The van der Waals surface area contributed by atoms with Crippen LogP contribution in [0.1, 0.15) is 24.3 Å². The molecule has 2 N–H and O–H groups in total. The van der Waals surface area contributed by atoms with Crippen LogP contribution in [0.2, 0.25) is 0 Å². The Morgan fingerprint density at radius 3 is 2.86 bits per heavy atom. The molecule has 0 aliphatic heterocycles. The van der Waals surface area contributed by atoms with E-state index in [2.05, 4.69) is 22.2 Å². The van der Waals surface area contributed by atoms with E-state index in [1.165, 1.54) is 0 Å². The zero-order chi connectivity index (χ0) is 15.8. The van der Waals surface area contributed by atoms with Gasteiger partial charge in [-0.2, -0.15) is 0 Å². The van der Waals surface area contributed by atoms with Gasteiger partial charge in [0.1, 0.15) is 0 Å². The molecule has 0 atom stereocenters. The average molecular weight is 328 g/mol. The predicted octanol–water partition coefficient (Wildman–Crippen LogP) is 2.18. The number of nitrogens with zero attached hydrogens (tertiary/aromatic N) is 2. The van der Waals surface area contributed by atoms with Crippen LogP contribution in [0.3, 0.4) is 0 Å². The number of rotatable bonds is 7. The summed E-state index contributed by atoms with van der Waals surface area (Å²) in [6.45, 7) is 8.23. The van der Waals surface area contributed by atoms with Crippen molar-refractivity contribution in [1.29, 1.82) is 0 Å². The number of thioether (sulfide) groups is 1. The number of carbonyl (C=O) groups is 1. The van der Waals surface area contributed by atoms with Crippen molar-refractivity contribution in [2.75, 3.05) is 24.2 Å². The second-order valence-corrected chi connectivity index (χ2v) is 5.57.